The van der Waals surface area contributed by atoms with E-state index < -0.39 is 0 Å². The number of nitrogens with zero attached hydrogens (tertiary/aromatic N) is 2. The van der Waals surface area contributed by atoms with Crippen molar-refractivity contribution in [2.45, 2.75) is 6.54 Å². The molecule has 0 saturated heterocycles. The number of rotatable bonds is 4. The summed E-state index contributed by atoms with van der Waals surface area (Å²) in [5.74, 6) is 1.10. The molecule has 88 valence electrons. The van der Waals surface area contributed by atoms with Crippen molar-refractivity contribution in [1.82, 2.24) is 9.97 Å². The van der Waals surface area contributed by atoms with E-state index in [1.54, 1.807) is 19.5 Å². The van der Waals surface area contributed by atoms with Gasteiger partial charge in [0.15, 0.2) is 0 Å². The molecule has 0 bridgehead atoms. The lowest BCUT2D eigenvalue weighted by molar-refractivity contribution is 0.397. The van der Waals surface area contributed by atoms with Crippen LogP contribution in [0.5, 0.6) is 5.88 Å². The quantitative estimate of drug-likeness (QED) is 0.836. The fourth-order valence-electron chi connectivity index (χ4n) is 1.40. The van der Waals surface area contributed by atoms with Gasteiger partial charge in [0.1, 0.15) is 5.82 Å². The van der Waals surface area contributed by atoms with E-state index in [9.17, 15) is 0 Å². The van der Waals surface area contributed by atoms with E-state index >= 15 is 0 Å². The Hall–Kier alpha value is -2.30. The number of hydrogen-bond donors (Lipinski definition) is 2. The molecule has 0 aromatic carbocycles. The maximum absolute atomic E-state index is 5.72. The number of pyridine rings is 2. The Labute approximate surface area is 99.7 Å². The summed E-state index contributed by atoms with van der Waals surface area (Å²) >= 11 is 0. The molecular weight excluding hydrogens is 216 g/mol. The van der Waals surface area contributed by atoms with Gasteiger partial charge in [0.05, 0.1) is 12.8 Å². The van der Waals surface area contributed by atoms with Gasteiger partial charge in [0.2, 0.25) is 5.88 Å². The second-order valence-electron chi connectivity index (χ2n) is 3.50. The fraction of sp³-hybridized carbons (Fsp3) is 0.167. The first-order valence-corrected chi connectivity index (χ1v) is 5.23. The molecule has 17 heavy (non-hydrogen) atoms. The van der Waals surface area contributed by atoms with E-state index in [-0.39, 0.29) is 0 Å². The normalized spacial score (nSPS) is 9.94. The topological polar surface area (TPSA) is 73.1 Å². The largest absolute Gasteiger partial charge is 0.481 e. The molecule has 0 spiro atoms. The lowest BCUT2D eigenvalue weighted by atomic mass is 10.2. The van der Waals surface area contributed by atoms with Gasteiger partial charge < -0.3 is 15.8 Å². The van der Waals surface area contributed by atoms with Crippen LogP contribution < -0.4 is 15.8 Å². The van der Waals surface area contributed by atoms with Crippen molar-refractivity contribution in [3.8, 4) is 5.88 Å². The van der Waals surface area contributed by atoms with Gasteiger partial charge in [0, 0.05) is 25.0 Å². The maximum Gasteiger partial charge on any atom is 0.212 e. The molecule has 0 unspecified atom stereocenters. The number of ether oxygens (including phenoxy) is 1. The van der Waals surface area contributed by atoms with Crippen LogP contribution in [0.25, 0.3) is 0 Å². The van der Waals surface area contributed by atoms with Crippen LogP contribution in [0.15, 0.2) is 36.7 Å². The molecule has 3 N–H and O–H groups in total. The van der Waals surface area contributed by atoms with Crippen molar-refractivity contribution in [1.29, 1.82) is 0 Å². The zero-order valence-electron chi connectivity index (χ0n) is 9.55. The lowest BCUT2D eigenvalue weighted by Crippen LogP contribution is -2.03. The van der Waals surface area contributed by atoms with E-state index in [1.807, 2.05) is 24.3 Å². The molecule has 0 aliphatic carbocycles. The smallest absolute Gasteiger partial charge is 0.212 e. The van der Waals surface area contributed by atoms with Gasteiger partial charge in [-0.15, -0.1) is 0 Å². The van der Waals surface area contributed by atoms with Crippen LogP contribution >= 0.6 is 0 Å². The van der Waals surface area contributed by atoms with Gasteiger partial charge in [-0.1, -0.05) is 6.07 Å². The van der Waals surface area contributed by atoms with E-state index in [0.29, 0.717) is 18.2 Å². The molecule has 2 aromatic heterocycles. The second kappa shape index (κ2) is 5.16. The molecule has 2 aromatic rings. The minimum absolute atomic E-state index is 0.494. The van der Waals surface area contributed by atoms with Crippen LogP contribution in [0, 0.1) is 0 Å². The highest BCUT2D eigenvalue weighted by atomic mass is 16.5. The summed E-state index contributed by atoms with van der Waals surface area (Å²) in [7, 11) is 1.59. The Bertz CT molecular complexity index is 484. The molecule has 5 heteroatoms. The number of nitrogens with one attached hydrogen (secondary N) is 1. The maximum atomic E-state index is 5.72. The van der Waals surface area contributed by atoms with Crippen LogP contribution in [-0.4, -0.2) is 17.1 Å². The molecular formula is C12H14N4O. The first kappa shape index (κ1) is 11.2. The van der Waals surface area contributed by atoms with Gasteiger partial charge in [-0.05, 0) is 17.7 Å². The summed E-state index contributed by atoms with van der Waals surface area (Å²) < 4.78 is 4.99. The second-order valence-corrected chi connectivity index (χ2v) is 3.50. The van der Waals surface area contributed by atoms with Gasteiger partial charge in [-0.25, -0.2) is 9.97 Å². The average Bonchev–Trinajstić information content (AvgIpc) is 2.38. The average molecular weight is 230 g/mol. The molecule has 2 heterocycles. The van der Waals surface area contributed by atoms with E-state index in [4.69, 9.17) is 10.5 Å². The molecule has 0 saturated carbocycles. The van der Waals surface area contributed by atoms with E-state index in [1.165, 1.54) is 0 Å². The van der Waals surface area contributed by atoms with Crippen molar-refractivity contribution in [2.24, 2.45) is 0 Å². The molecule has 0 amide bonds. The number of nitrogen functional groups attached to an aromatic ring is 1. The molecule has 0 aliphatic rings. The van der Waals surface area contributed by atoms with E-state index in [0.717, 1.165) is 11.3 Å². The molecule has 0 radical (unpaired) electrons. The first-order chi connectivity index (χ1) is 8.29. The Morgan fingerprint density at radius 3 is 2.82 bits per heavy atom. The fourth-order valence-corrected chi connectivity index (χ4v) is 1.40. The first-order valence-electron chi connectivity index (χ1n) is 5.23. The lowest BCUT2D eigenvalue weighted by Gasteiger charge is -2.08. The van der Waals surface area contributed by atoms with Gasteiger partial charge >= 0.3 is 0 Å². The third-order valence-corrected chi connectivity index (χ3v) is 2.33. The van der Waals surface area contributed by atoms with Crippen molar-refractivity contribution in [3.63, 3.8) is 0 Å². The van der Waals surface area contributed by atoms with Gasteiger partial charge in [-0.3, -0.25) is 0 Å². The van der Waals surface area contributed by atoms with Crippen molar-refractivity contribution in [2.75, 3.05) is 18.2 Å². The number of methoxy groups -OCH3 is 1. The highest BCUT2D eigenvalue weighted by Crippen LogP contribution is 2.15. The van der Waals surface area contributed by atoms with E-state index in [2.05, 4.69) is 15.3 Å². The predicted molar refractivity (Wildman–Crippen MR) is 66.8 cm³/mol. The standard InChI is InChI=1S/C12H14N4O/c1-17-11-5-4-9(8-16-11)7-15-10-3-2-6-14-12(10)13/h2-6,8,15H,7H2,1H3,(H2,13,14). The minimum atomic E-state index is 0.494. The predicted octanol–water partition coefficient (Wildman–Crippen LogP) is 1.68. The van der Waals surface area contributed by atoms with Crippen molar-refractivity contribution < 1.29 is 4.74 Å². The minimum Gasteiger partial charge on any atom is -0.481 e. The summed E-state index contributed by atoms with van der Waals surface area (Å²) in [6.07, 6.45) is 3.42. The van der Waals surface area contributed by atoms with Crippen LogP contribution in [0.2, 0.25) is 0 Å². The zero-order chi connectivity index (χ0) is 12.1. The monoisotopic (exact) mass is 230 g/mol. The Balaban J connectivity index is 2.00. The number of aromatic nitrogens is 2. The highest BCUT2D eigenvalue weighted by Gasteiger charge is 1.99. The summed E-state index contributed by atoms with van der Waals surface area (Å²) in [6.45, 7) is 0.646. The van der Waals surface area contributed by atoms with Crippen LogP contribution in [0.1, 0.15) is 5.56 Å². The Kier molecular flexibility index (Phi) is 3.40. The third kappa shape index (κ3) is 2.84. The summed E-state index contributed by atoms with van der Waals surface area (Å²) in [5, 5.41) is 3.20. The molecule has 0 fully saturated rings. The molecule has 0 atom stereocenters. The van der Waals surface area contributed by atoms with Crippen LogP contribution in [-0.2, 0) is 6.54 Å². The van der Waals surface area contributed by atoms with Gasteiger partial charge in [0.25, 0.3) is 0 Å². The SMILES string of the molecule is COc1ccc(CNc2cccnc2N)cn1. The van der Waals surface area contributed by atoms with Crippen LogP contribution in [0.3, 0.4) is 0 Å². The zero-order valence-corrected chi connectivity index (χ0v) is 9.55. The molecule has 0 aliphatic heterocycles. The highest BCUT2D eigenvalue weighted by molar-refractivity contribution is 5.60. The molecule has 5 nitrogen and oxygen atoms in total. The van der Waals surface area contributed by atoms with Gasteiger partial charge in [-0.2, -0.15) is 0 Å². The van der Waals surface area contributed by atoms with Crippen molar-refractivity contribution >= 4 is 11.5 Å². The van der Waals surface area contributed by atoms with Crippen molar-refractivity contribution in [3.05, 3.63) is 42.2 Å². The third-order valence-electron chi connectivity index (χ3n) is 2.33. The number of hydrogen-bond acceptors (Lipinski definition) is 5. The Morgan fingerprint density at radius 2 is 2.18 bits per heavy atom. The van der Waals surface area contributed by atoms with Crippen LogP contribution in [0.4, 0.5) is 11.5 Å². The summed E-state index contributed by atoms with van der Waals surface area (Å²) in [4.78, 5) is 8.12. The number of anilines is 2. The summed E-state index contributed by atoms with van der Waals surface area (Å²) in [6, 6.07) is 7.50. The summed E-state index contributed by atoms with van der Waals surface area (Å²) in [5.41, 5.74) is 7.59. The Morgan fingerprint density at radius 1 is 1.29 bits per heavy atom. The number of nitrogens with two attached hydrogens (primary N) is 1. The molecule has 2 rings (SSSR count).